The van der Waals surface area contributed by atoms with E-state index in [1.165, 1.54) is 7.11 Å². The van der Waals surface area contributed by atoms with Gasteiger partial charge in [0.15, 0.2) is 0 Å². The molecular weight excluding hydrogens is 242 g/mol. The van der Waals surface area contributed by atoms with Crippen LogP contribution < -0.4 is 0 Å². The molecule has 0 radical (unpaired) electrons. The van der Waals surface area contributed by atoms with E-state index in [2.05, 4.69) is 12.1 Å². The summed E-state index contributed by atoms with van der Waals surface area (Å²) < 4.78 is 4.92. The van der Waals surface area contributed by atoms with Gasteiger partial charge in [0.25, 0.3) is 0 Å². The molecule has 0 amide bonds. The molecule has 1 aliphatic heterocycles. The number of rotatable bonds is 2. The summed E-state index contributed by atoms with van der Waals surface area (Å²) in [6, 6.07) is 9.86. The molecule has 0 spiro atoms. The van der Waals surface area contributed by atoms with Crippen molar-refractivity contribution in [2.24, 2.45) is 22.9 Å². The standard InChI is InChI=1S/C15H17NO3/c1-9-10(2)15(14(17)18-3)12(9)13(16-19-15)11-7-5-4-6-8-11/h4-10,12H,1-3H3/t9-,10+,12-,15-/m1/s1. The second-order valence-corrected chi connectivity index (χ2v) is 5.34. The van der Waals surface area contributed by atoms with E-state index >= 15 is 0 Å². The summed E-state index contributed by atoms with van der Waals surface area (Å²) in [6.07, 6.45) is 0. The fraction of sp³-hybridized carbons (Fsp3) is 0.467. The third-order valence-corrected chi connectivity index (χ3v) is 4.62. The minimum atomic E-state index is -0.917. The summed E-state index contributed by atoms with van der Waals surface area (Å²) in [7, 11) is 1.40. The number of ether oxygens (including phenoxy) is 1. The average Bonchev–Trinajstić information content (AvgIpc) is 2.84. The van der Waals surface area contributed by atoms with Crippen LogP contribution in [0.2, 0.25) is 0 Å². The van der Waals surface area contributed by atoms with Gasteiger partial charge in [-0.15, -0.1) is 0 Å². The zero-order valence-electron chi connectivity index (χ0n) is 11.3. The van der Waals surface area contributed by atoms with Crippen molar-refractivity contribution in [3.8, 4) is 0 Å². The molecule has 1 aliphatic carbocycles. The van der Waals surface area contributed by atoms with Crippen LogP contribution in [0, 0.1) is 17.8 Å². The van der Waals surface area contributed by atoms with Gasteiger partial charge in [0.05, 0.1) is 18.7 Å². The van der Waals surface area contributed by atoms with Crippen LogP contribution in [-0.4, -0.2) is 24.4 Å². The molecule has 1 aromatic carbocycles. The Hall–Kier alpha value is -1.84. The first kappa shape index (κ1) is 12.2. The molecular formula is C15H17NO3. The van der Waals surface area contributed by atoms with Crippen LogP contribution in [0.25, 0.3) is 0 Å². The molecule has 0 saturated heterocycles. The van der Waals surface area contributed by atoms with E-state index in [4.69, 9.17) is 9.57 Å². The minimum absolute atomic E-state index is 0.0163. The molecule has 4 heteroatoms. The molecule has 4 atom stereocenters. The van der Waals surface area contributed by atoms with Crippen molar-refractivity contribution in [3.05, 3.63) is 35.9 Å². The molecule has 4 nitrogen and oxygen atoms in total. The van der Waals surface area contributed by atoms with Gasteiger partial charge in [0.1, 0.15) is 0 Å². The third-order valence-electron chi connectivity index (χ3n) is 4.62. The Labute approximate surface area is 112 Å². The maximum atomic E-state index is 12.1. The van der Waals surface area contributed by atoms with E-state index in [0.29, 0.717) is 5.92 Å². The fourth-order valence-electron chi connectivity index (χ4n) is 3.36. The highest BCUT2D eigenvalue weighted by Crippen LogP contribution is 2.56. The lowest BCUT2D eigenvalue weighted by molar-refractivity contribution is -0.210. The number of benzene rings is 1. The van der Waals surface area contributed by atoms with Gasteiger partial charge < -0.3 is 9.57 Å². The lowest BCUT2D eigenvalue weighted by atomic mass is 9.53. The van der Waals surface area contributed by atoms with Gasteiger partial charge in [0.2, 0.25) is 5.60 Å². The zero-order valence-corrected chi connectivity index (χ0v) is 11.3. The number of hydrogen-bond acceptors (Lipinski definition) is 4. The number of carbonyl (C=O) groups excluding carboxylic acids is 1. The van der Waals surface area contributed by atoms with Crippen molar-refractivity contribution in [2.45, 2.75) is 19.4 Å². The minimum Gasteiger partial charge on any atom is -0.466 e. The number of esters is 1. The molecule has 1 fully saturated rings. The lowest BCUT2D eigenvalue weighted by Gasteiger charge is -2.50. The third kappa shape index (κ3) is 1.40. The Kier molecular flexibility index (Phi) is 2.62. The molecule has 1 saturated carbocycles. The summed E-state index contributed by atoms with van der Waals surface area (Å²) >= 11 is 0. The summed E-state index contributed by atoms with van der Waals surface area (Å²) in [5.74, 6) is 0.116. The predicted molar refractivity (Wildman–Crippen MR) is 70.6 cm³/mol. The van der Waals surface area contributed by atoms with Crippen LogP contribution in [0.1, 0.15) is 19.4 Å². The second kappa shape index (κ2) is 4.08. The first-order chi connectivity index (χ1) is 9.13. The van der Waals surface area contributed by atoms with Gasteiger partial charge in [-0.05, 0) is 11.5 Å². The van der Waals surface area contributed by atoms with Gasteiger partial charge in [-0.3, -0.25) is 0 Å². The number of carbonyl (C=O) groups is 1. The maximum Gasteiger partial charge on any atom is 0.354 e. The molecule has 1 aromatic rings. The molecule has 0 N–H and O–H groups in total. The summed E-state index contributed by atoms with van der Waals surface area (Å²) in [5, 5.41) is 4.19. The van der Waals surface area contributed by atoms with Crippen LogP contribution in [0.4, 0.5) is 0 Å². The first-order valence-corrected chi connectivity index (χ1v) is 6.52. The quantitative estimate of drug-likeness (QED) is 0.765. The van der Waals surface area contributed by atoms with E-state index < -0.39 is 5.60 Å². The zero-order chi connectivity index (χ0) is 13.6. The number of oxime groups is 1. The van der Waals surface area contributed by atoms with E-state index in [1.807, 2.05) is 37.3 Å². The van der Waals surface area contributed by atoms with Crippen LogP contribution in [0.15, 0.2) is 35.5 Å². The van der Waals surface area contributed by atoms with Crippen molar-refractivity contribution >= 4 is 11.7 Å². The smallest absolute Gasteiger partial charge is 0.354 e. The molecule has 3 rings (SSSR count). The van der Waals surface area contributed by atoms with E-state index in [9.17, 15) is 4.79 Å². The molecule has 0 bridgehead atoms. The number of nitrogens with zero attached hydrogens (tertiary/aromatic N) is 1. The summed E-state index contributed by atoms with van der Waals surface area (Å²) in [5.41, 5.74) is 0.952. The highest BCUT2D eigenvalue weighted by Gasteiger charge is 2.71. The predicted octanol–water partition coefficient (Wildman–Crippen LogP) is 2.23. The maximum absolute atomic E-state index is 12.1. The Bertz CT molecular complexity index is 540. The van der Waals surface area contributed by atoms with Crippen LogP contribution in [0.5, 0.6) is 0 Å². The first-order valence-electron chi connectivity index (χ1n) is 6.52. The Balaban J connectivity index is 1.99. The number of fused-ring (bicyclic) bond motifs is 1. The van der Waals surface area contributed by atoms with Gasteiger partial charge in [-0.1, -0.05) is 49.3 Å². The molecule has 19 heavy (non-hydrogen) atoms. The van der Waals surface area contributed by atoms with Crippen molar-refractivity contribution in [1.82, 2.24) is 0 Å². The number of hydrogen-bond donors (Lipinski definition) is 0. The topological polar surface area (TPSA) is 47.9 Å². The van der Waals surface area contributed by atoms with Crippen molar-refractivity contribution < 1.29 is 14.4 Å². The van der Waals surface area contributed by atoms with Crippen LogP contribution in [0.3, 0.4) is 0 Å². The molecule has 0 unspecified atom stereocenters. The van der Waals surface area contributed by atoms with Gasteiger partial charge >= 0.3 is 5.97 Å². The molecule has 1 heterocycles. The Morgan fingerprint density at radius 2 is 2.00 bits per heavy atom. The largest absolute Gasteiger partial charge is 0.466 e. The summed E-state index contributed by atoms with van der Waals surface area (Å²) in [6.45, 7) is 4.14. The van der Waals surface area contributed by atoms with Gasteiger partial charge in [0, 0.05) is 5.92 Å². The van der Waals surface area contributed by atoms with E-state index in [-0.39, 0.29) is 17.8 Å². The molecule has 0 aromatic heterocycles. The summed E-state index contributed by atoms with van der Waals surface area (Å²) in [4.78, 5) is 17.7. The Morgan fingerprint density at radius 1 is 1.32 bits per heavy atom. The van der Waals surface area contributed by atoms with Crippen molar-refractivity contribution in [1.29, 1.82) is 0 Å². The van der Waals surface area contributed by atoms with Gasteiger partial charge in [-0.25, -0.2) is 4.79 Å². The molecule has 100 valence electrons. The molecule has 2 aliphatic rings. The van der Waals surface area contributed by atoms with Gasteiger partial charge in [-0.2, -0.15) is 0 Å². The van der Waals surface area contributed by atoms with E-state index in [1.54, 1.807) is 0 Å². The highest BCUT2D eigenvalue weighted by atomic mass is 16.7. The number of methoxy groups -OCH3 is 1. The van der Waals surface area contributed by atoms with Crippen LogP contribution in [-0.2, 0) is 14.4 Å². The van der Waals surface area contributed by atoms with Crippen molar-refractivity contribution in [2.75, 3.05) is 7.11 Å². The second-order valence-electron chi connectivity index (χ2n) is 5.34. The highest BCUT2D eigenvalue weighted by molar-refractivity contribution is 6.08. The lowest BCUT2D eigenvalue weighted by Crippen LogP contribution is -2.66. The normalized spacial score (nSPS) is 35.7. The monoisotopic (exact) mass is 259 g/mol. The Morgan fingerprint density at radius 3 is 2.63 bits per heavy atom. The van der Waals surface area contributed by atoms with Crippen molar-refractivity contribution in [3.63, 3.8) is 0 Å². The van der Waals surface area contributed by atoms with Crippen LogP contribution >= 0.6 is 0 Å². The van der Waals surface area contributed by atoms with E-state index in [0.717, 1.165) is 11.3 Å². The SMILES string of the molecule is COC(=O)[C@]12ON=C(c3ccccc3)[C@H]1[C@H](C)[C@@H]2C. The fourth-order valence-corrected chi connectivity index (χ4v) is 3.36. The average molecular weight is 259 g/mol.